The number of rotatable bonds is 11. The maximum atomic E-state index is 12.4. The minimum Gasteiger partial charge on any atom is -0.466 e. The first-order valence-corrected chi connectivity index (χ1v) is 8.77. The largest absolute Gasteiger partial charge is 0.466 e. The van der Waals surface area contributed by atoms with E-state index in [1.807, 2.05) is 6.92 Å². The lowest BCUT2D eigenvalue weighted by Gasteiger charge is -2.22. The topological polar surface area (TPSA) is 61.8 Å². The van der Waals surface area contributed by atoms with Crippen LogP contribution in [-0.2, 0) is 23.1 Å². The smallest absolute Gasteiger partial charge is 0.330 e. The van der Waals surface area contributed by atoms with E-state index in [0.29, 0.717) is 19.8 Å². The van der Waals surface area contributed by atoms with Crippen molar-refractivity contribution in [2.45, 2.75) is 47.0 Å². The first-order valence-electron chi connectivity index (χ1n) is 7.04. The van der Waals surface area contributed by atoms with Crippen LogP contribution in [0.25, 0.3) is 0 Å². The second-order valence-electron chi connectivity index (χ2n) is 4.29. The number of hydrogen-bond donors (Lipinski definition) is 0. The second-order valence-corrected chi connectivity index (χ2v) is 6.40. The molecule has 0 bridgehead atoms. The third-order valence-electron chi connectivity index (χ3n) is 2.59. The summed E-state index contributed by atoms with van der Waals surface area (Å²) in [4.78, 5) is 11.5. The summed E-state index contributed by atoms with van der Waals surface area (Å²) in [6.45, 7) is 8.43. The van der Waals surface area contributed by atoms with Gasteiger partial charge >= 0.3 is 13.6 Å². The maximum Gasteiger partial charge on any atom is 0.330 e. The molecule has 0 aliphatic carbocycles. The van der Waals surface area contributed by atoms with Gasteiger partial charge in [0.15, 0.2) is 0 Å². The predicted molar refractivity (Wildman–Crippen MR) is 75.4 cm³/mol. The van der Waals surface area contributed by atoms with Crippen LogP contribution in [0.3, 0.4) is 0 Å². The van der Waals surface area contributed by atoms with Crippen molar-refractivity contribution in [2.24, 2.45) is 5.92 Å². The Morgan fingerprint density at radius 3 is 2.05 bits per heavy atom. The third-order valence-corrected chi connectivity index (χ3v) is 4.86. The highest BCUT2D eigenvalue weighted by Gasteiger charge is 2.29. The Bertz CT molecular complexity index is 283. The lowest BCUT2D eigenvalue weighted by Crippen LogP contribution is -2.16. The Hall–Kier alpha value is -0.380. The molecule has 0 aliphatic rings. The molecule has 5 nitrogen and oxygen atoms in total. The highest BCUT2D eigenvalue weighted by atomic mass is 31.2. The van der Waals surface area contributed by atoms with Gasteiger partial charge in [-0.3, -0.25) is 9.36 Å². The highest BCUT2D eigenvalue weighted by molar-refractivity contribution is 7.53. The Kier molecular flexibility index (Phi) is 10.2. The molecule has 0 aliphatic heterocycles. The lowest BCUT2D eigenvalue weighted by molar-refractivity contribution is -0.144. The van der Waals surface area contributed by atoms with Crippen molar-refractivity contribution >= 4 is 13.6 Å². The van der Waals surface area contributed by atoms with E-state index in [0.717, 1.165) is 12.8 Å². The van der Waals surface area contributed by atoms with Gasteiger partial charge in [0.25, 0.3) is 0 Å². The average Bonchev–Trinajstić information content (AvgIpc) is 2.29. The van der Waals surface area contributed by atoms with Crippen molar-refractivity contribution in [1.29, 1.82) is 0 Å². The summed E-state index contributed by atoms with van der Waals surface area (Å²) in [7, 11) is -3.09. The van der Waals surface area contributed by atoms with Gasteiger partial charge in [-0.1, -0.05) is 13.3 Å². The molecule has 1 unspecified atom stereocenters. The standard InChI is InChI=1S/C13H27O5P/c1-5-9-12(10-13(14)16-6-2)11-19(15,17-7-3)18-8-4/h12H,5-11H2,1-4H3. The second kappa shape index (κ2) is 10.4. The molecule has 1 atom stereocenters. The van der Waals surface area contributed by atoms with Crippen LogP contribution >= 0.6 is 7.60 Å². The molecular weight excluding hydrogens is 267 g/mol. The number of hydrogen-bond acceptors (Lipinski definition) is 5. The van der Waals surface area contributed by atoms with E-state index in [1.54, 1.807) is 20.8 Å². The summed E-state index contributed by atoms with van der Waals surface area (Å²) in [6, 6.07) is 0. The first kappa shape index (κ1) is 18.6. The van der Waals surface area contributed by atoms with E-state index in [9.17, 15) is 9.36 Å². The maximum absolute atomic E-state index is 12.4. The third kappa shape index (κ3) is 8.40. The summed E-state index contributed by atoms with van der Waals surface area (Å²) in [5, 5.41) is 0. The SMILES string of the molecule is CCCC(CC(=O)OCC)CP(=O)(OCC)OCC. The molecule has 0 heterocycles. The molecule has 0 aromatic rings. The van der Waals surface area contributed by atoms with Crippen LogP contribution in [0.15, 0.2) is 0 Å². The number of esters is 1. The van der Waals surface area contributed by atoms with Gasteiger partial charge in [-0.15, -0.1) is 0 Å². The molecule has 19 heavy (non-hydrogen) atoms. The molecule has 0 amide bonds. The average molecular weight is 294 g/mol. The monoisotopic (exact) mass is 294 g/mol. The van der Waals surface area contributed by atoms with Crippen molar-refractivity contribution in [3.8, 4) is 0 Å². The molecule has 0 radical (unpaired) electrons. The van der Waals surface area contributed by atoms with Crippen molar-refractivity contribution in [3.05, 3.63) is 0 Å². The summed E-state index contributed by atoms with van der Waals surface area (Å²) < 4.78 is 27.9. The Balaban J connectivity index is 4.59. The Labute approximate surface area is 116 Å². The van der Waals surface area contributed by atoms with Gasteiger partial charge in [-0.05, 0) is 33.1 Å². The summed E-state index contributed by atoms with van der Waals surface area (Å²) in [5.74, 6) is -0.270. The molecule has 0 rings (SSSR count). The van der Waals surface area contributed by atoms with E-state index in [4.69, 9.17) is 13.8 Å². The van der Waals surface area contributed by atoms with Crippen molar-refractivity contribution in [2.75, 3.05) is 26.0 Å². The number of carbonyl (C=O) groups excluding carboxylic acids is 1. The van der Waals surface area contributed by atoms with Gasteiger partial charge in [0.05, 0.1) is 26.0 Å². The molecule has 0 N–H and O–H groups in total. The summed E-state index contributed by atoms with van der Waals surface area (Å²) in [5.41, 5.74) is 0. The van der Waals surface area contributed by atoms with Crippen LogP contribution in [0.4, 0.5) is 0 Å². The summed E-state index contributed by atoms with van der Waals surface area (Å²) >= 11 is 0. The quantitative estimate of drug-likeness (QED) is 0.430. The van der Waals surface area contributed by atoms with Crippen LogP contribution in [0.2, 0.25) is 0 Å². The zero-order valence-corrected chi connectivity index (χ0v) is 13.4. The molecule has 0 saturated heterocycles. The van der Waals surface area contributed by atoms with E-state index in [-0.39, 0.29) is 24.5 Å². The Morgan fingerprint density at radius 1 is 1.05 bits per heavy atom. The predicted octanol–water partition coefficient (Wildman–Crippen LogP) is 3.62. The fourth-order valence-corrected chi connectivity index (χ4v) is 3.99. The van der Waals surface area contributed by atoms with E-state index < -0.39 is 7.60 Å². The zero-order valence-electron chi connectivity index (χ0n) is 12.5. The lowest BCUT2D eigenvalue weighted by atomic mass is 10.0. The van der Waals surface area contributed by atoms with Crippen LogP contribution in [0.5, 0.6) is 0 Å². The number of ether oxygens (including phenoxy) is 1. The minimum atomic E-state index is -3.09. The van der Waals surface area contributed by atoms with E-state index >= 15 is 0 Å². The van der Waals surface area contributed by atoms with Gasteiger partial charge in [-0.25, -0.2) is 0 Å². The van der Waals surface area contributed by atoms with Gasteiger partial charge < -0.3 is 13.8 Å². The van der Waals surface area contributed by atoms with Crippen molar-refractivity contribution < 1.29 is 23.1 Å². The number of carbonyl (C=O) groups is 1. The van der Waals surface area contributed by atoms with Crippen molar-refractivity contribution in [1.82, 2.24) is 0 Å². The molecule has 0 aromatic carbocycles. The van der Waals surface area contributed by atoms with Crippen LogP contribution in [0.1, 0.15) is 47.0 Å². The molecule has 0 spiro atoms. The zero-order chi connectivity index (χ0) is 14.7. The molecule has 0 saturated carbocycles. The van der Waals surface area contributed by atoms with Crippen molar-refractivity contribution in [3.63, 3.8) is 0 Å². The van der Waals surface area contributed by atoms with E-state index in [2.05, 4.69) is 0 Å². The molecule has 114 valence electrons. The fourth-order valence-electron chi connectivity index (χ4n) is 1.97. The molecule has 0 fully saturated rings. The van der Waals surface area contributed by atoms with E-state index in [1.165, 1.54) is 0 Å². The van der Waals surface area contributed by atoms with Gasteiger partial charge in [0.2, 0.25) is 0 Å². The van der Waals surface area contributed by atoms with Crippen LogP contribution < -0.4 is 0 Å². The first-order chi connectivity index (χ1) is 9.01. The molecular formula is C13H27O5P. The fraction of sp³-hybridized carbons (Fsp3) is 0.923. The Morgan fingerprint density at radius 2 is 1.63 bits per heavy atom. The van der Waals surface area contributed by atoms with Gasteiger partial charge in [-0.2, -0.15) is 0 Å². The summed E-state index contributed by atoms with van der Waals surface area (Å²) in [6.07, 6.45) is 2.28. The minimum absolute atomic E-state index is 0.0204. The van der Waals surface area contributed by atoms with Gasteiger partial charge in [0.1, 0.15) is 0 Å². The normalized spacial score (nSPS) is 13.3. The molecule has 6 heteroatoms. The van der Waals surface area contributed by atoms with Gasteiger partial charge in [0, 0.05) is 6.42 Å². The van der Waals surface area contributed by atoms with Crippen LogP contribution in [0, 0.1) is 5.92 Å². The molecule has 0 aromatic heterocycles. The van der Waals surface area contributed by atoms with Crippen LogP contribution in [-0.4, -0.2) is 32.0 Å². The highest BCUT2D eigenvalue weighted by Crippen LogP contribution is 2.50.